The molecule has 0 radical (unpaired) electrons. The minimum absolute atomic E-state index is 0.0173. The van der Waals surface area contributed by atoms with Crippen LogP contribution in [0, 0.1) is 5.41 Å². The number of Topliss-reactive ketones (excluding diaryl/α,β-unsaturated/α-hetero) is 1. The topological polar surface area (TPSA) is 113 Å². The summed E-state index contributed by atoms with van der Waals surface area (Å²) in [5.74, 6) is -2.04. The fourth-order valence-electron chi connectivity index (χ4n) is 2.22. The van der Waals surface area contributed by atoms with Crippen molar-refractivity contribution in [2.24, 2.45) is 5.41 Å². The van der Waals surface area contributed by atoms with E-state index >= 15 is 0 Å². The van der Waals surface area contributed by atoms with E-state index in [0.29, 0.717) is 5.56 Å². The van der Waals surface area contributed by atoms with E-state index in [0.717, 1.165) is 0 Å². The number of halogens is 1. The Bertz CT molecular complexity index is 659. The first-order valence-electron chi connectivity index (χ1n) is 8.57. The number of hydrogen-bond donors (Lipinski definition) is 3. The lowest BCUT2D eigenvalue weighted by Gasteiger charge is -2.31. The van der Waals surface area contributed by atoms with E-state index in [1.165, 1.54) is 45.0 Å². The van der Waals surface area contributed by atoms with Crippen LogP contribution in [0.4, 0.5) is 4.39 Å². The third kappa shape index (κ3) is 7.34. The molecule has 0 fully saturated rings. The molecule has 1 aromatic rings. The average molecular weight is 383 g/mol. The molecule has 8 heteroatoms. The summed E-state index contributed by atoms with van der Waals surface area (Å²) in [6, 6.07) is 5.68. The van der Waals surface area contributed by atoms with Gasteiger partial charge in [0.05, 0.1) is 6.61 Å². The molecular weight excluding hydrogens is 357 g/mol. The van der Waals surface area contributed by atoms with Crippen molar-refractivity contribution in [2.75, 3.05) is 13.2 Å². The Balaban J connectivity index is 2.77. The first kappa shape index (κ1) is 22.6. The van der Waals surface area contributed by atoms with Gasteiger partial charge in [-0.2, -0.15) is 0 Å². The van der Waals surface area contributed by atoms with Crippen LogP contribution in [-0.4, -0.2) is 53.3 Å². The number of aromatic hydroxyl groups is 1. The number of phenols is 1. The third-order valence-electron chi connectivity index (χ3n) is 3.97. The summed E-state index contributed by atoms with van der Waals surface area (Å²) >= 11 is 0. The first-order chi connectivity index (χ1) is 12.6. The number of ketones is 1. The second kappa shape index (κ2) is 10.0. The summed E-state index contributed by atoms with van der Waals surface area (Å²) in [6.45, 7) is 3.96. The van der Waals surface area contributed by atoms with E-state index in [-0.39, 0.29) is 30.9 Å². The Morgan fingerprint density at radius 3 is 2.33 bits per heavy atom. The predicted octanol–water partition coefficient (Wildman–Crippen LogP) is 1.30. The maximum absolute atomic E-state index is 14.3. The normalized spacial score (nSPS) is 13.5. The molecule has 1 aromatic carbocycles. The lowest BCUT2D eigenvalue weighted by Crippen LogP contribution is -2.49. The number of phenolic OH excluding ortho intramolecular Hbond substituents is 1. The summed E-state index contributed by atoms with van der Waals surface area (Å²) in [5, 5.41) is 21.2. The zero-order valence-corrected chi connectivity index (χ0v) is 15.7. The van der Waals surface area contributed by atoms with Crippen LogP contribution in [0.1, 0.15) is 32.8 Å². The zero-order chi connectivity index (χ0) is 20.6. The number of nitrogens with one attached hydrogen (secondary N) is 1. The number of carbonyl (C=O) groups excluding carboxylic acids is 3. The molecule has 2 atom stereocenters. The number of benzene rings is 1. The number of aliphatic hydroxyl groups excluding tert-OH is 1. The molecular formula is C19H26FNO6. The smallest absolute Gasteiger partial charge is 0.341 e. The van der Waals surface area contributed by atoms with Gasteiger partial charge in [0.15, 0.2) is 6.10 Å². The molecule has 0 bridgehead atoms. The van der Waals surface area contributed by atoms with Crippen LogP contribution >= 0.6 is 0 Å². The summed E-state index contributed by atoms with van der Waals surface area (Å²) in [7, 11) is 0. The molecule has 1 unspecified atom stereocenters. The number of amides is 1. The molecule has 0 saturated heterocycles. The first-order valence-corrected chi connectivity index (χ1v) is 8.57. The van der Waals surface area contributed by atoms with Gasteiger partial charge in [-0.3, -0.25) is 9.59 Å². The van der Waals surface area contributed by atoms with Crippen LogP contribution in [0.15, 0.2) is 24.3 Å². The van der Waals surface area contributed by atoms with Crippen LogP contribution in [0.25, 0.3) is 0 Å². The van der Waals surface area contributed by atoms with E-state index in [9.17, 15) is 29.0 Å². The Labute approximate surface area is 157 Å². The summed E-state index contributed by atoms with van der Waals surface area (Å²) in [6.07, 6.45) is -3.60. The monoisotopic (exact) mass is 383 g/mol. The Kier molecular flexibility index (Phi) is 8.36. The standard InChI is InChI=1S/C19H26FNO6/c1-12(23)8-9-21-17(25)16(19(2,3)11-22)27-18(26)15(20)10-13-4-6-14(24)7-5-13/h4-7,15-16,22,24H,8-11H2,1-3H3,(H,21,25)/t15-,16?/m0/s1. The molecule has 150 valence electrons. The van der Waals surface area contributed by atoms with Gasteiger partial charge in [0, 0.05) is 24.8 Å². The van der Waals surface area contributed by atoms with Crippen LogP contribution < -0.4 is 5.32 Å². The Morgan fingerprint density at radius 1 is 1.22 bits per heavy atom. The molecule has 7 nitrogen and oxygen atoms in total. The van der Waals surface area contributed by atoms with Crippen LogP contribution in [-0.2, 0) is 25.5 Å². The molecule has 27 heavy (non-hydrogen) atoms. The Hall–Kier alpha value is -2.48. The van der Waals surface area contributed by atoms with Gasteiger partial charge in [-0.1, -0.05) is 26.0 Å². The molecule has 0 spiro atoms. The molecule has 0 aliphatic heterocycles. The highest BCUT2D eigenvalue weighted by Crippen LogP contribution is 2.24. The van der Waals surface area contributed by atoms with Crippen molar-refractivity contribution in [1.82, 2.24) is 5.32 Å². The number of esters is 1. The van der Waals surface area contributed by atoms with Gasteiger partial charge in [0.2, 0.25) is 6.17 Å². The molecule has 0 heterocycles. The lowest BCUT2D eigenvalue weighted by atomic mass is 9.86. The highest BCUT2D eigenvalue weighted by atomic mass is 19.1. The maximum Gasteiger partial charge on any atom is 0.341 e. The fourth-order valence-corrected chi connectivity index (χ4v) is 2.22. The van der Waals surface area contributed by atoms with Gasteiger partial charge in [0.1, 0.15) is 11.5 Å². The van der Waals surface area contributed by atoms with Crippen molar-refractivity contribution < 1.29 is 33.7 Å². The summed E-state index contributed by atoms with van der Waals surface area (Å²) in [5.41, 5.74) is -0.671. The molecule has 0 aliphatic carbocycles. The van der Waals surface area contributed by atoms with Crippen LogP contribution in [0.2, 0.25) is 0 Å². The summed E-state index contributed by atoms with van der Waals surface area (Å²) < 4.78 is 19.3. The van der Waals surface area contributed by atoms with E-state index in [2.05, 4.69) is 5.32 Å². The zero-order valence-electron chi connectivity index (χ0n) is 15.7. The molecule has 0 aromatic heterocycles. The van der Waals surface area contributed by atoms with Crippen molar-refractivity contribution >= 4 is 17.7 Å². The van der Waals surface area contributed by atoms with Gasteiger partial charge in [-0.05, 0) is 24.6 Å². The number of ether oxygens (including phenoxy) is 1. The molecule has 0 saturated carbocycles. The molecule has 3 N–H and O–H groups in total. The number of alkyl halides is 1. The van der Waals surface area contributed by atoms with E-state index in [4.69, 9.17) is 4.74 Å². The summed E-state index contributed by atoms with van der Waals surface area (Å²) in [4.78, 5) is 35.4. The number of hydrogen-bond acceptors (Lipinski definition) is 6. The predicted molar refractivity (Wildman–Crippen MR) is 95.8 cm³/mol. The Morgan fingerprint density at radius 2 is 1.81 bits per heavy atom. The maximum atomic E-state index is 14.3. The minimum atomic E-state index is -2.02. The van der Waals surface area contributed by atoms with Gasteiger partial charge in [-0.25, -0.2) is 9.18 Å². The van der Waals surface area contributed by atoms with E-state index in [1.807, 2.05) is 0 Å². The molecule has 1 amide bonds. The van der Waals surface area contributed by atoms with Crippen molar-refractivity contribution in [3.63, 3.8) is 0 Å². The SMILES string of the molecule is CC(=O)CCNC(=O)C(OC(=O)[C@@H](F)Cc1ccc(O)cc1)C(C)(C)CO. The van der Waals surface area contributed by atoms with Crippen molar-refractivity contribution in [2.45, 2.75) is 45.9 Å². The number of carbonyl (C=O) groups is 3. The number of aliphatic hydroxyl groups is 1. The van der Waals surface area contributed by atoms with E-state index in [1.54, 1.807) is 0 Å². The quantitative estimate of drug-likeness (QED) is 0.525. The average Bonchev–Trinajstić information content (AvgIpc) is 2.60. The fraction of sp³-hybridized carbons (Fsp3) is 0.526. The lowest BCUT2D eigenvalue weighted by molar-refractivity contribution is -0.169. The number of rotatable bonds is 10. The molecule has 1 rings (SSSR count). The minimum Gasteiger partial charge on any atom is -0.508 e. The second-order valence-corrected chi connectivity index (χ2v) is 7.04. The highest BCUT2D eigenvalue weighted by Gasteiger charge is 2.39. The van der Waals surface area contributed by atoms with Gasteiger partial charge in [-0.15, -0.1) is 0 Å². The van der Waals surface area contributed by atoms with Gasteiger partial charge >= 0.3 is 5.97 Å². The van der Waals surface area contributed by atoms with E-state index < -0.39 is 36.2 Å². The van der Waals surface area contributed by atoms with Gasteiger partial charge in [0.25, 0.3) is 5.91 Å². The third-order valence-corrected chi connectivity index (χ3v) is 3.97. The molecule has 0 aliphatic rings. The van der Waals surface area contributed by atoms with Crippen molar-refractivity contribution in [1.29, 1.82) is 0 Å². The van der Waals surface area contributed by atoms with Gasteiger partial charge < -0.3 is 20.3 Å². The largest absolute Gasteiger partial charge is 0.508 e. The highest BCUT2D eigenvalue weighted by molar-refractivity contribution is 5.86. The second-order valence-electron chi connectivity index (χ2n) is 7.04. The van der Waals surface area contributed by atoms with Crippen LogP contribution in [0.3, 0.4) is 0 Å². The van der Waals surface area contributed by atoms with Crippen molar-refractivity contribution in [3.05, 3.63) is 29.8 Å². The van der Waals surface area contributed by atoms with Crippen molar-refractivity contribution in [3.8, 4) is 5.75 Å². The van der Waals surface area contributed by atoms with Crippen LogP contribution in [0.5, 0.6) is 5.75 Å².